The van der Waals surface area contributed by atoms with Crippen molar-refractivity contribution in [1.29, 1.82) is 0 Å². The number of nitrogens with two attached hydrogens (primary N) is 1. The molecule has 20 heavy (non-hydrogen) atoms. The minimum atomic E-state index is 0.0900. The Kier molecular flexibility index (Phi) is 7.46. The molecule has 1 aromatic rings. The minimum absolute atomic E-state index is 0.0900. The Morgan fingerprint density at radius 1 is 1.25 bits per heavy atom. The fourth-order valence-electron chi connectivity index (χ4n) is 1.58. The molecule has 0 fully saturated rings. The quantitative estimate of drug-likeness (QED) is 0.233. The summed E-state index contributed by atoms with van der Waals surface area (Å²) in [4.78, 5) is 2.15. The zero-order valence-corrected chi connectivity index (χ0v) is 12.1. The highest BCUT2D eigenvalue weighted by molar-refractivity contribution is 5.97. The van der Waals surface area contributed by atoms with E-state index in [2.05, 4.69) is 10.1 Å². The van der Waals surface area contributed by atoms with Crippen molar-refractivity contribution < 1.29 is 14.7 Å². The molecule has 0 bridgehead atoms. The van der Waals surface area contributed by atoms with Gasteiger partial charge in [-0.25, -0.2) is 0 Å². The zero-order chi connectivity index (χ0) is 14.8. The standard InChI is InChI=1S/C14H23N3O3/c1-3-19-10-8-17(2)9-11-20-13-6-4-12(5-7-13)14(15)16-18/h4-7,18H,3,8-11H2,1-2H3,(H2,15,16). The monoisotopic (exact) mass is 281 g/mol. The van der Waals surface area contributed by atoms with Crippen LogP contribution in [0.25, 0.3) is 0 Å². The Labute approximate surface area is 119 Å². The van der Waals surface area contributed by atoms with Gasteiger partial charge in [-0.2, -0.15) is 0 Å². The summed E-state index contributed by atoms with van der Waals surface area (Å²) in [6.45, 7) is 5.79. The summed E-state index contributed by atoms with van der Waals surface area (Å²) >= 11 is 0. The number of likely N-dealkylation sites (N-methyl/N-ethyl adjacent to an activating group) is 1. The predicted octanol–water partition coefficient (Wildman–Crippen LogP) is 1.13. The van der Waals surface area contributed by atoms with Crippen molar-refractivity contribution in [2.24, 2.45) is 10.9 Å². The molecule has 0 spiro atoms. The number of oxime groups is 1. The van der Waals surface area contributed by atoms with Crippen LogP contribution in [0.1, 0.15) is 12.5 Å². The lowest BCUT2D eigenvalue weighted by Crippen LogP contribution is -2.27. The van der Waals surface area contributed by atoms with Crippen molar-refractivity contribution in [2.75, 3.05) is 40.0 Å². The first-order valence-electron chi connectivity index (χ1n) is 6.64. The van der Waals surface area contributed by atoms with E-state index in [-0.39, 0.29) is 5.84 Å². The molecule has 0 saturated carbocycles. The van der Waals surface area contributed by atoms with E-state index in [1.807, 2.05) is 14.0 Å². The molecule has 0 atom stereocenters. The smallest absolute Gasteiger partial charge is 0.170 e. The molecule has 1 aromatic carbocycles. The van der Waals surface area contributed by atoms with Crippen molar-refractivity contribution in [2.45, 2.75) is 6.92 Å². The van der Waals surface area contributed by atoms with Crippen LogP contribution in [0.3, 0.4) is 0 Å². The maximum atomic E-state index is 8.56. The summed E-state index contributed by atoms with van der Waals surface area (Å²) in [7, 11) is 2.03. The number of hydrogen-bond acceptors (Lipinski definition) is 5. The van der Waals surface area contributed by atoms with Crippen LogP contribution in [0, 0.1) is 0 Å². The zero-order valence-electron chi connectivity index (χ0n) is 12.1. The second-order valence-electron chi connectivity index (χ2n) is 4.36. The lowest BCUT2D eigenvalue weighted by molar-refractivity contribution is 0.116. The lowest BCUT2D eigenvalue weighted by Gasteiger charge is -2.16. The summed E-state index contributed by atoms with van der Waals surface area (Å²) in [5, 5.41) is 11.5. The largest absolute Gasteiger partial charge is 0.492 e. The van der Waals surface area contributed by atoms with Crippen molar-refractivity contribution in [3.8, 4) is 5.75 Å². The average molecular weight is 281 g/mol. The molecule has 6 nitrogen and oxygen atoms in total. The van der Waals surface area contributed by atoms with E-state index >= 15 is 0 Å². The number of ether oxygens (including phenoxy) is 2. The van der Waals surface area contributed by atoms with Gasteiger partial charge in [0.1, 0.15) is 12.4 Å². The average Bonchev–Trinajstić information content (AvgIpc) is 2.47. The van der Waals surface area contributed by atoms with Crippen LogP contribution in [0.2, 0.25) is 0 Å². The third-order valence-electron chi connectivity index (χ3n) is 2.82. The van der Waals surface area contributed by atoms with Crippen molar-refractivity contribution >= 4 is 5.84 Å². The van der Waals surface area contributed by atoms with Crippen LogP contribution in [0.5, 0.6) is 5.75 Å². The van der Waals surface area contributed by atoms with Crippen LogP contribution in [-0.2, 0) is 4.74 Å². The first-order valence-corrected chi connectivity index (χ1v) is 6.64. The lowest BCUT2D eigenvalue weighted by atomic mass is 10.2. The molecule has 0 aliphatic rings. The summed E-state index contributed by atoms with van der Waals surface area (Å²) in [6, 6.07) is 7.10. The van der Waals surface area contributed by atoms with Crippen LogP contribution >= 0.6 is 0 Å². The van der Waals surface area contributed by atoms with Crippen molar-refractivity contribution in [3.63, 3.8) is 0 Å². The first kappa shape index (κ1) is 16.3. The fourth-order valence-corrected chi connectivity index (χ4v) is 1.58. The summed E-state index contributed by atoms with van der Waals surface area (Å²) in [6.07, 6.45) is 0. The van der Waals surface area contributed by atoms with Gasteiger partial charge in [0.25, 0.3) is 0 Å². The summed E-state index contributed by atoms with van der Waals surface area (Å²) in [5.74, 6) is 0.852. The Bertz CT molecular complexity index is 407. The van der Waals surface area contributed by atoms with Gasteiger partial charge in [-0.05, 0) is 38.2 Å². The van der Waals surface area contributed by atoms with E-state index < -0.39 is 0 Å². The van der Waals surface area contributed by atoms with Gasteiger partial charge in [-0.3, -0.25) is 0 Å². The first-order chi connectivity index (χ1) is 9.67. The molecule has 0 radical (unpaired) electrons. The Morgan fingerprint density at radius 3 is 2.50 bits per heavy atom. The van der Waals surface area contributed by atoms with Crippen LogP contribution in [0.4, 0.5) is 0 Å². The molecule has 6 heteroatoms. The molecule has 0 saturated heterocycles. The molecule has 0 heterocycles. The molecule has 0 aliphatic carbocycles. The van der Waals surface area contributed by atoms with Gasteiger partial charge in [-0.15, -0.1) is 0 Å². The number of nitrogens with zero attached hydrogens (tertiary/aromatic N) is 2. The van der Waals surface area contributed by atoms with Gasteiger partial charge in [-0.1, -0.05) is 5.16 Å². The second-order valence-corrected chi connectivity index (χ2v) is 4.36. The number of hydrogen-bond donors (Lipinski definition) is 2. The third kappa shape index (κ3) is 5.90. The Balaban J connectivity index is 2.28. The van der Waals surface area contributed by atoms with Crippen molar-refractivity contribution in [1.82, 2.24) is 4.90 Å². The minimum Gasteiger partial charge on any atom is -0.492 e. The predicted molar refractivity (Wildman–Crippen MR) is 78.4 cm³/mol. The van der Waals surface area contributed by atoms with E-state index in [0.29, 0.717) is 12.2 Å². The molecular formula is C14H23N3O3. The maximum Gasteiger partial charge on any atom is 0.170 e. The molecular weight excluding hydrogens is 258 g/mol. The van der Waals surface area contributed by atoms with Gasteiger partial charge >= 0.3 is 0 Å². The number of amidine groups is 1. The van der Waals surface area contributed by atoms with Gasteiger partial charge < -0.3 is 25.3 Å². The van der Waals surface area contributed by atoms with Crippen LogP contribution in [-0.4, -0.2) is 55.9 Å². The highest BCUT2D eigenvalue weighted by Gasteiger charge is 2.01. The van der Waals surface area contributed by atoms with E-state index in [1.165, 1.54) is 0 Å². The summed E-state index contributed by atoms with van der Waals surface area (Å²) in [5.41, 5.74) is 6.14. The molecule has 0 unspecified atom stereocenters. The third-order valence-corrected chi connectivity index (χ3v) is 2.82. The van der Waals surface area contributed by atoms with Crippen molar-refractivity contribution in [3.05, 3.63) is 29.8 Å². The van der Waals surface area contributed by atoms with Gasteiger partial charge in [0, 0.05) is 25.3 Å². The van der Waals surface area contributed by atoms with Gasteiger partial charge in [0.2, 0.25) is 0 Å². The van der Waals surface area contributed by atoms with Crippen LogP contribution in [0.15, 0.2) is 29.4 Å². The highest BCUT2D eigenvalue weighted by Crippen LogP contribution is 2.11. The number of rotatable bonds is 9. The molecule has 3 N–H and O–H groups in total. The Hall–Kier alpha value is -1.79. The molecule has 112 valence electrons. The van der Waals surface area contributed by atoms with E-state index in [0.717, 1.165) is 32.1 Å². The topological polar surface area (TPSA) is 80.3 Å². The van der Waals surface area contributed by atoms with Gasteiger partial charge in [0.05, 0.1) is 6.61 Å². The number of benzene rings is 1. The molecule has 0 aliphatic heterocycles. The highest BCUT2D eigenvalue weighted by atomic mass is 16.5. The molecule has 0 amide bonds. The normalized spacial score (nSPS) is 11.8. The summed E-state index contributed by atoms with van der Waals surface area (Å²) < 4.78 is 10.9. The second kappa shape index (κ2) is 9.17. The van der Waals surface area contributed by atoms with E-state index in [4.69, 9.17) is 20.4 Å². The maximum absolute atomic E-state index is 8.56. The molecule has 1 rings (SSSR count). The van der Waals surface area contributed by atoms with Gasteiger partial charge in [0.15, 0.2) is 5.84 Å². The van der Waals surface area contributed by atoms with Crippen LogP contribution < -0.4 is 10.5 Å². The van der Waals surface area contributed by atoms with E-state index in [1.54, 1.807) is 24.3 Å². The Morgan fingerprint density at radius 2 is 1.90 bits per heavy atom. The fraction of sp³-hybridized carbons (Fsp3) is 0.500. The SMILES string of the molecule is CCOCCN(C)CCOc1ccc(/C(N)=N/O)cc1. The molecule has 0 aromatic heterocycles. The van der Waals surface area contributed by atoms with E-state index in [9.17, 15) is 0 Å².